The zero-order chi connectivity index (χ0) is 8.97. The molecule has 0 heterocycles. The highest BCUT2D eigenvalue weighted by atomic mass is 16.2. The first kappa shape index (κ1) is 9.52. The van der Waals surface area contributed by atoms with Crippen LogP contribution in [0.25, 0.3) is 0 Å². The van der Waals surface area contributed by atoms with E-state index in [-0.39, 0.29) is 5.91 Å². The highest BCUT2D eigenvalue weighted by Gasteiger charge is 2.21. The number of hydrogen-bond donors (Lipinski definition) is 1. The van der Waals surface area contributed by atoms with Crippen LogP contribution in [0.15, 0.2) is 0 Å². The smallest absolute Gasteiger partial charge is 0.236 e. The SMILES string of the molecule is CCCC(=O)N(N)CC1CCC1. The Bertz CT molecular complexity index is 155. The number of hydrogen-bond acceptors (Lipinski definition) is 2. The van der Waals surface area contributed by atoms with Gasteiger partial charge in [-0.2, -0.15) is 0 Å². The molecule has 0 saturated heterocycles. The van der Waals surface area contributed by atoms with E-state index in [4.69, 9.17) is 5.84 Å². The van der Waals surface area contributed by atoms with Crippen LogP contribution < -0.4 is 5.84 Å². The van der Waals surface area contributed by atoms with Crippen molar-refractivity contribution in [2.45, 2.75) is 39.0 Å². The number of carbonyl (C=O) groups excluding carboxylic acids is 1. The van der Waals surface area contributed by atoms with Crippen LogP contribution in [0, 0.1) is 5.92 Å². The molecule has 1 rings (SSSR count). The Morgan fingerprint density at radius 1 is 1.58 bits per heavy atom. The van der Waals surface area contributed by atoms with Crippen molar-refractivity contribution in [3.63, 3.8) is 0 Å². The van der Waals surface area contributed by atoms with Gasteiger partial charge in [0.1, 0.15) is 0 Å². The summed E-state index contributed by atoms with van der Waals surface area (Å²) in [6, 6.07) is 0. The largest absolute Gasteiger partial charge is 0.280 e. The fourth-order valence-corrected chi connectivity index (χ4v) is 1.41. The fraction of sp³-hybridized carbons (Fsp3) is 0.889. The summed E-state index contributed by atoms with van der Waals surface area (Å²) in [5.74, 6) is 6.36. The third kappa shape index (κ3) is 2.48. The van der Waals surface area contributed by atoms with E-state index in [2.05, 4.69) is 0 Å². The van der Waals surface area contributed by atoms with Crippen molar-refractivity contribution in [1.29, 1.82) is 0 Å². The first-order chi connectivity index (χ1) is 5.74. The molecule has 1 fully saturated rings. The second-order valence-corrected chi connectivity index (χ2v) is 3.59. The molecule has 1 amide bonds. The van der Waals surface area contributed by atoms with Crippen LogP contribution in [-0.2, 0) is 4.79 Å². The van der Waals surface area contributed by atoms with Crippen LogP contribution in [0.3, 0.4) is 0 Å². The van der Waals surface area contributed by atoms with E-state index in [9.17, 15) is 4.79 Å². The molecule has 0 radical (unpaired) electrons. The molecular formula is C9H18N2O. The van der Waals surface area contributed by atoms with Gasteiger partial charge in [0, 0.05) is 13.0 Å². The molecule has 0 atom stereocenters. The zero-order valence-corrected chi connectivity index (χ0v) is 7.75. The lowest BCUT2D eigenvalue weighted by Gasteiger charge is -2.29. The van der Waals surface area contributed by atoms with Crippen LogP contribution in [0.5, 0.6) is 0 Å². The van der Waals surface area contributed by atoms with Crippen LogP contribution in [-0.4, -0.2) is 17.5 Å². The lowest BCUT2D eigenvalue weighted by atomic mass is 9.85. The topological polar surface area (TPSA) is 46.3 Å². The maximum absolute atomic E-state index is 11.2. The molecule has 0 unspecified atom stereocenters. The Kier molecular flexibility index (Phi) is 3.53. The predicted octanol–water partition coefficient (Wildman–Crippen LogP) is 1.29. The van der Waals surface area contributed by atoms with Gasteiger partial charge in [0.05, 0.1) is 0 Å². The van der Waals surface area contributed by atoms with Crippen LogP contribution in [0.1, 0.15) is 39.0 Å². The maximum atomic E-state index is 11.2. The quantitative estimate of drug-likeness (QED) is 0.392. The zero-order valence-electron chi connectivity index (χ0n) is 7.75. The van der Waals surface area contributed by atoms with Crippen molar-refractivity contribution in [1.82, 2.24) is 5.01 Å². The molecule has 0 aliphatic heterocycles. The first-order valence-electron chi connectivity index (χ1n) is 4.79. The molecule has 1 aliphatic carbocycles. The Hall–Kier alpha value is -0.570. The van der Waals surface area contributed by atoms with Crippen molar-refractivity contribution in [2.75, 3.05) is 6.54 Å². The van der Waals surface area contributed by atoms with E-state index >= 15 is 0 Å². The van der Waals surface area contributed by atoms with E-state index in [1.807, 2.05) is 6.92 Å². The number of nitrogens with zero attached hydrogens (tertiary/aromatic N) is 1. The van der Waals surface area contributed by atoms with Gasteiger partial charge in [-0.1, -0.05) is 13.3 Å². The van der Waals surface area contributed by atoms with Crippen LogP contribution in [0.2, 0.25) is 0 Å². The molecule has 12 heavy (non-hydrogen) atoms. The third-order valence-corrected chi connectivity index (χ3v) is 2.46. The molecule has 0 aromatic heterocycles. The van der Waals surface area contributed by atoms with Crippen molar-refractivity contribution in [2.24, 2.45) is 11.8 Å². The van der Waals surface area contributed by atoms with Gasteiger partial charge in [0.15, 0.2) is 0 Å². The summed E-state index contributed by atoms with van der Waals surface area (Å²) >= 11 is 0. The first-order valence-corrected chi connectivity index (χ1v) is 4.79. The number of nitrogens with two attached hydrogens (primary N) is 1. The number of carbonyl (C=O) groups is 1. The number of amides is 1. The predicted molar refractivity (Wildman–Crippen MR) is 48.1 cm³/mol. The molecule has 1 saturated carbocycles. The highest BCUT2D eigenvalue weighted by Crippen LogP contribution is 2.26. The van der Waals surface area contributed by atoms with Crippen molar-refractivity contribution >= 4 is 5.91 Å². The molecule has 3 heteroatoms. The summed E-state index contributed by atoms with van der Waals surface area (Å²) in [5, 5.41) is 1.40. The van der Waals surface area contributed by atoms with Gasteiger partial charge in [-0.15, -0.1) is 0 Å². The highest BCUT2D eigenvalue weighted by molar-refractivity contribution is 5.75. The van der Waals surface area contributed by atoms with Gasteiger partial charge in [-0.3, -0.25) is 9.80 Å². The molecule has 0 aromatic carbocycles. The van der Waals surface area contributed by atoms with Gasteiger partial charge in [-0.25, -0.2) is 5.84 Å². The summed E-state index contributed by atoms with van der Waals surface area (Å²) in [4.78, 5) is 11.2. The van der Waals surface area contributed by atoms with Gasteiger partial charge < -0.3 is 0 Å². The third-order valence-electron chi connectivity index (χ3n) is 2.46. The van der Waals surface area contributed by atoms with E-state index in [1.54, 1.807) is 0 Å². The lowest BCUT2D eigenvalue weighted by molar-refractivity contribution is -0.132. The van der Waals surface area contributed by atoms with E-state index < -0.39 is 0 Å². The van der Waals surface area contributed by atoms with Crippen molar-refractivity contribution < 1.29 is 4.79 Å². The van der Waals surface area contributed by atoms with E-state index in [1.165, 1.54) is 24.3 Å². The average molecular weight is 170 g/mol. The number of rotatable bonds is 4. The Morgan fingerprint density at radius 3 is 2.67 bits per heavy atom. The van der Waals surface area contributed by atoms with Gasteiger partial charge in [-0.05, 0) is 25.2 Å². The van der Waals surface area contributed by atoms with Gasteiger partial charge >= 0.3 is 0 Å². The number of hydrazine groups is 1. The van der Waals surface area contributed by atoms with E-state index in [0.29, 0.717) is 12.3 Å². The second-order valence-electron chi connectivity index (χ2n) is 3.59. The van der Waals surface area contributed by atoms with Gasteiger partial charge in [0.2, 0.25) is 5.91 Å². The Morgan fingerprint density at radius 2 is 2.25 bits per heavy atom. The van der Waals surface area contributed by atoms with E-state index in [0.717, 1.165) is 13.0 Å². The minimum Gasteiger partial charge on any atom is -0.280 e. The standard InChI is InChI=1S/C9H18N2O/c1-2-4-9(12)11(10)7-8-5-3-6-8/h8H,2-7,10H2,1H3. The summed E-state index contributed by atoms with van der Waals surface area (Å²) in [6.45, 7) is 2.76. The minimum atomic E-state index is 0.0874. The Balaban J connectivity index is 2.16. The normalized spacial score (nSPS) is 17.2. The summed E-state index contributed by atoms with van der Waals surface area (Å²) in [6.07, 6.45) is 5.26. The van der Waals surface area contributed by atoms with Crippen LogP contribution in [0.4, 0.5) is 0 Å². The molecule has 1 aliphatic rings. The molecule has 0 spiro atoms. The lowest BCUT2D eigenvalue weighted by Crippen LogP contribution is -2.42. The minimum absolute atomic E-state index is 0.0874. The fourth-order valence-electron chi connectivity index (χ4n) is 1.41. The molecule has 0 aromatic rings. The van der Waals surface area contributed by atoms with Crippen molar-refractivity contribution in [3.05, 3.63) is 0 Å². The molecule has 3 nitrogen and oxygen atoms in total. The average Bonchev–Trinajstić information content (AvgIpc) is 1.97. The van der Waals surface area contributed by atoms with Gasteiger partial charge in [0.25, 0.3) is 0 Å². The maximum Gasteiger partial charge on any atom is 0.236 e. The molecule has 70 valence electrons. The summed E-state index contributed by atoms with van der Waals surface area (Å²) in [5.41, 5.74) is 0. The Labute approximate surface area is 73.9 Å². The monoisotopic (exact) mass is 170 g/mol. The summed E-state index contributed by atoms with van der Waals surface area (Å²) < 4.78 is 0. The molecule has 0 bridgehead atoms. The molecule has 2 N–H and O–H groups in total. The van der Waals surface area contributed by atoms with Crippen LogP contribution >= 0.6 is 0 Å². The summed E-state index contributed by atoms with van der Waals surface area (Å²) in [7, 11) is 0. The second kappa shape index (κ2) is 4.45. The van der Waals surface area contributed by atoms with Crippen molar-refractivity contribution in [3.8, 4) is 0 Å². The molecular weight excluding hydrogens is 152 g/mol.